The lowest BCUT2D eigenvalue weighted by atomic mass is 10.0. The second-order valence-corrected chi connectivity index (χ2v) is 7.81. The largest absolute Gasteiger partial charge is 0.497 e. The van der Waals surface area contributed by atoms with Gasteiger partial charge in [0.2, 0.25) is 5.91 Å². The molecule has 2 aliphatic rings. The van der Waals surface area contributed by atoms with Gasteiger partial charge in [-0.15, -0.1) is 0 Å². The van der Waals surface area contributed by atoms with Crippen LogP contribution >= 0.6 is 0 Å². The van der Waals surface area contributed by atoms with Gasteiger partial charge in [-0.2, -0.15) is 0 Å². The van der Waals surface area contributed by atoms with Crippen molar-refractivity contribution in [2.75, 3.05) is 56.2 Å². The second-order valence-electron chi connectivity index (χ2n) is 7.81. The number of piperazine rings is 1. The van der Waals surface area contributed by atoms with E-state index in [0.29, 0.717) is 6.54 Å². The molecule has 1 fully saturated rings. The lowest BCUT2D eigenvalue weighted by Gasteiger charge is -2.37. The lowest BCUT2D eigenvalue weighted by Crippen LogP contribution is -2.47. The maximum Gasteiger partial charge on any atom is 0.223 e. The quantitative estimate of drug-likeness (QED) is 0.843. The Kier molecular flexibility index (Phi) is 5.74. The van der Waals surface area contributed by atoms with E-state index < -0.39 is 6.10 Å². The number of nitrogens with zero attached hydrogens (tertiary/aromatic N) is 3. The van der Waals surface area contributed by atoms with Crippen LogP contribution in [-0.2, 0) is 11.2 Å². The monoisotopic (exact) mass is 395 g/mol. The van der Waals surface area contributed by atoms with Gasteiger partial charge in [-0.05, 0) is 47.9 Å². The zero-order chi connectivity index (χ0) is 20.4. The number of carbonyl (C=O) groups excluding carboxylic acids is 1. The van der Waals surface area contributed by atoms with Crippen molar-refractivity contribution in [3.63, 3.8) is 0 Å². The van der Waals surface area contributed by atoms with Gasteiger partial charge in [-0.3, -0.25) is 9.69 Å². The summed E-state index contributed by atoms with van der Waals surface area (Å²) >= 11 is 0. The van der Waals surface area contributed by atoms with Crippen molar-refractivity contribution < 1.29 is 14.6 Å². The minimum absolute atomic E-state index is 0.0757. The Bertz CT molecular complexity index is 860. The SMILES string of the molecule is COc1ccc(N2CCN(CC(O)c3ccc4c(c3)CCN4C(C)=O)CC2)cc1. The first kappa shape index (κ1) is 19.7. The van der Waals surface area contributed by atoms with Crippen LogP contribution < -0.4 is 14.5 Å². The highest BCUT2D eigenvalue weighted by Crippen LogP contribution is 2.31. The van der Waals surface area contributed by atoms with Crippen molar-refractivity contribution >= 4 is 17.3 Å². The first-order chi connectivity index (χ1) is 14.0. The summed E-state index contributed by atoms with van der Waals surface area (Å²) in [7, 11) is 1.68. The molecule has 4 rings (SSSR count). The molecule has 0 bridgehead atoms. The molecule has 154 valence electrons. The molecule has 2 aromatic rings. The molecule has 1 atom stereocenters. The minimum Gasteiger partial charge on any atom is -0.497 e. The van der Waals surface area contributed by atoms with Crippen LogP contribution in [0.3, 0.4) is 0 Å². The number of fused-ring (bicyclic) bond motifs is 1. The van der Waals surface area contributed by atoms with Gasteiger partial charge in [0.25, 0.3) is 0 Å². The van der Waals surface area contributed by atoms with Gasteiger partial charge in [-0.1, -0.05) is 12.1 Å². The molecular formula is C23H29N3O3. The summed E-state index contributed by atoms with van der Waals surface area (Å²) in [6.45, 7) is 6.69. The second kappa shape index (κ2) is 8.43. The summed E-state index contributed by atoms with van der Waals surface area (Å²) in [5, 5.41) is 10.8. The summed E-state index contributed by atoms with van der Waals surface area (Å²) in [5.41, 5.74) is 4.29. The molecular weight excluding hydrogens is 366 g/mol. The average Bonchev–Trinajstić information content (AvgIpc) is 3.18. The molecule has 6 heteroatoms. The zero-order valence-electron chi connectivity index (χ0n) is 17.2. The van der Waals surface area contributed by atoms with Crippen molar-refractivity contribution in [2.45, 2.75) is 19.4 Å². The molecule has 1 unspecified atom stereocenters. The van der Waals surface area contributed by atoms with Gasteiger partial charge in [0.1, 0.15) is 5.75 Å². The number of carbonyl (C=O) groups is 1. The van der Waals surface area contributed by atoms with Crippen LogP contribution in [0.15, 0.2) is 42.5 Å². The van der Waals surface area contributed by atoms with E-state index in [1.54, 1.807) is 14.0 Å². The molecule has 2 aromatic carbocycles. The number of benzene rings is 2. The van der Waals surface area contributed by atoms with Gasteiger partial charge in [0.15, 0.2) is 0 Å². The fourth-order valence-electron chi connectivity index (χ4n) is 4.29. The highest BCUT2D eigenvalue weighted by atomic mass is 16.5. The predicted molar refractivity (Wildman–Crippen MR) is 115 cm³/mol. The summed E-state index contributed by atoms with van der Waals surface area (Å²) < 4.78 is 5.23. The maximum atomic E-state index is 11.7. The van der Waals surface area contributed by atoms with E-state index in [0.717, 1.165) is 61.7 Å². The van der Waals surface area contributed by atoms with E-state index in [9.17, 15) is 9.90 Å². The van der Waals surface area contributed by atoms with Crippen LogP contribution in [0.25, 0.3) is 0 Å². The van der Waals surface area contributed by atoms with Crippen LogP contribution in [0, 0.1) is 0 Å². The van der Waals surface area contributed by atoms with Crippen LogP contribution in [0.4, 0.5) is 11.4 Å². The Labute approximate surface area is 172 Å². The fourth-order valence-corrected chi connectivity index (χ4v) is 4.29. The average molecular weight is 396 g/mol. The van der Waals surface area contributed by atoms with Crippen LogP contribution in [0.2, 0.25) is 0 Å². The van der Waals surface area contributed by atoms with E-state index in [1.807, 2.05) is 29.2 Å². The van der Waals surface area contributed by atoms with Crippen LogP contribution in [0.1, 0.15) is 24.2 Å². The van der Waals surface area contributed by atoms with Gasteiger partial charge in [0, 0.05) is 57.6 Å². The first-order valence-electron chi connectivity index (χ1n) is 10.3. The lowest BCUT2D eigenvalue weighted by molar-refractivity contribution is -0.116. The Morgan fingerprint density at radius 2 is 1.79 bits per heavy atom. The Hall–Kier alpha value is -2.57. The molecule has 0 radical (unpaired) electrons. The van der Waals surface area contributed by atoms with Gasteiger partial charge >= 0.3 is 0 Å². The summed E-state index contributed by atoms with van der Waals surface area (Å²) in [4.78, 5) is 18.2. The third-order valence-electron chi connectivity index (χ3n) is 6.00. The molecule has 0 saturated carbocycles. The summed E-state index contributed by atoms with van der Waals surface area (Å²) in [6.07, 6.45) is 0.343. The topological polar surface area (TPSA) is 56.2 Å². The van der Waals surface area contributed by atoms with Crippen molar-refractivity contribution in [1.82, 2.24) is 4.90 Å². The molecule has 0 aromatic heterocycles. The highest BCUT2D eigenvalue weighted by molar-refractivity contribution is 5.93. The van der Waals surface area contributed by atoms with E-state index in [-0.39, 0.29) is 5.91 Å². The first-order valence-corrected chi connectivity index (χ1v) is 10.3. The van der Waals surface area contributed by atoms with E-state index in [2.05, 4.69) is 28.0 Å². The van der Waals surface area contributed by atoms with Crippen molar-refractivity contribution in [1.29, 1.82) is 0 Å². The summed E-state index contributed by atoms with van der Waals surface area (Å²) in [5.74, 6) is 0.947. The number of rotatable bonds is 5. The summed E-state index contributed by atoms with van der Waals surface area (Å²) in [6, 6.07) is 14.2. The van der Waals surface area contributed by atoms with Crippen molar-refractivity contribution in [3.8, 4) is 5.75 Å². The van der Waals surface area contributed by atoms with Gasteiger partial charge in [0.05, 0.1) is 13.2 Å². The molecule has 2 heterocycles. The molecule has 29 heavy (non-hydrogen) atoms. The molecule has 2 aliphatic heterocycles. The Morgan fingerprint density at radius 1 is 1.07 bits per heavy atom. The smallest absolute Gasteiger partial charge is 0.223 e. The number of hydrogen-bond acceptors (Lipinski definition) is 5. The molecule has 1 N–H and O–H groups in total. The van der Waals surface area contributed by atoms with Crippen molar-refractivity contribution in [3.05, 3.63) is 53.6 Å². The van der Waals surface area contributed by atoms with E-state index >= 15 is 0 Å². The van der Waals surface area contributed by atoms with E-state index in [4.69, 9.17) is 4.74 Å². The molecule has 0 spiro atoms. The minimum atomic E-state index is -0.515. The molecule has 6 nitrogen and oxygen atoms in total. The highest BCUT2D eigenvalue weighted by Gasteiger charge is 2.24. The maximum absolute atomic E-state index is 11.7. The van der Waals surface area contributed by atoms with Gasteiger partial charge in [-0.25, -0.2) is 0 Å². The fraction of sp³-hybridized carbons (Fsp3) is 0.435. The number of amides is 1. The van der Waals surface area contributed by atoms with E-state index in [1.165, 1.54) is 5.69 Å². The predicted octanol–water partition coefficient (Wildman–Crippen LogP) is 2.46. The number of methoxy groups -OCH3 is 1. The number of β-amino-alcohol motifs (C(OH)–C–C–N with tert-alkyl or cyclic N) is 1. The number of anilines is 2. The van der Waals surface area contributed by atoms with Crippen molar-refractivity contribution in [2.24, 2.45) is 0 Å². The molecule has 0 aliphatic carbocycles. The molecule has 1 amide bonds. The van der Waals surface area contributed by atoms with Gasteiger partial charge < -0.3 is 19.6 Å². The Morgan fingerprint density at radius 3 is 2.45 bits per heavy atom. The molecule has 1 saturated heterocycles. The number of hydrogen-bond donors (Lipinski definition) is 1. The zero-order valence-corrected chi connectivity index (χ0v) is 17.2. The standard InChI is InChI=1S/C23H29N3O3/c1-17(27)26-10-9-18-15-19(3-8-22(18)26)23(28)16-24-11-13-25(14-12-24)20-4-6-21(29-2)7-5-20/h3-8,15,23,28H,9-14,16H2,1-2H3. The van der Waals surface area contributed by atoms with Crippen LogP contribution in [-0.4, -0.2) is 62.3 Å². The number of aliphatic hydroxyl groups excluding tert-OH is 1. The Balaban J connectivity index is 1.33. The normalized spacial score (nSPS) is 17.9. The third-order valence-corrected chi connectivity index (χ3v) is 6.00. The third kappa shape index (κ3) is 4.23. The van der Waals surface area contributed by atoms with Crippen LogP contribution in [0.5, 0.6) is 5.75 Å². The number of aliphatic hydroxyl groups is 1. The number of ether oxygens (including phenoxy) is 1.